The van der Waals surface area contributed by atoms with Crippen LogP contribution in [-0.2, 0) is 11.2 Å². The largest absolute Gasteiger partial charge is 0.481 e. The predicted octanol–water partition coefficient (Wildman–Crippen LogP) is 3.03. The molecular formula is C15H20N2O2. The quantitative estimate of drug-likeness (QED) is 0.839. The molecule has 0 saturated carbocycles. The van der Waals surface area contributed by atoms with E-state index in [0.717, 1.165) is 29.6 Å². The van der Waals surface area contributed by atoms with E-state index >= 15 is 0 Å². The number of carboxylic acid groups (broad SMARTS) is 1. The number of anilines is 1. The Morgan fingerprint density at radius 1 is 1.32 bits per heavy atom. The third kappa shape index (κ3) is 2.89. The summed E-state index contributed by atoms with van der Waals surface area (Å²) in [5.74, 6) is -0.755. The maximum absolute atomic E-state index is 10.7. The monoisotopic (exact) mass is 260 g/mol. The second-order valence-electron chi connectivity index (χ2n) is 4.61. The maximum Gasteiger partial charge on any atom is 0.303 e. The van der Waals surface area contributed by atoms with Gasteiger partial charge in [-0.3, -0.25) is 4.79 Å². The van der Waals surface area contributed by atoms with E-state index < -0.39 is 5.97 Å². The Bertz CT molecular complexity index is 571. The molecule has 0 spiro atoms. The molecule has 4 heteroatoms. The topological polar surface area (TPSA) is 56.3 Å². The fourth-order valence-corrected chi connectivity index (χ4v) is 2.40. The first kappa shape index (κ1) is 13.5. The molecule has 1 heterocycles. The maximum atomic E-state index is 10.7. The van der Waals surface area contributed by atoms with Crippen molar-refractivity contribution in [2.75, 3.05) is 18.0 Å². The first-order chi connectivity index (χ1) is 9.15. The molecule has 1 aromatic carbocycles. The third-order valence-corrected chi connectivity index (χ3v) is 3.49. The summed E-state index contributed by atoms with van der Waals surface area (Å²) < 4.78 is 0. The SMILES string of the molecule is CCN(CC)c1ccc2[nH]cc(CCC(=O)O)c2c1. The van der Waals surface area contributed by atoms with Gasteiger partial charge in [0, 0.05) is 42.3 Å². The highest BCUT2D eigenvalue weighted by molar-refractivity contribution is 5.87. The van der Waals surface area contributed by atoms with E-state index in [1.807, 2.05) is 6.20 Å². The molecule has 0 bridgehead atoms. The van der Waals surface area contributed by atoms with Gasteiger partial charge in [-0.2, -0.15) is 0 Å². The lowest BCUT2D eigenvalue weighted by molar-refractivity contribution is -0.136. The third-order valence-electron chi connectivity index (χ3n) is 3.49. The van der Waals surface area contributed by atoms with Crippen molar-refractivity contribution in [1.29, 1.82) is 0 Å². The number of aromatic amines is 1. The van der Waals surface area contributed by atoms with E-state index in [4.69, 9.17) is 5.11 Å². The van der Waals surface area contributed by atoms with Crippen LogP contribution in [0.2, 0.25) is 0 Å². The van der Waals surface area contributed by atoms with Gasteiger partial charge in [0.2, 0.25) is 0 Å². The summed E-state index contributed by atoms with van der Waals surface area (Å²) in [6.07, 6.45) is 2.65. The van der Waals surface area contributed by atoms with Gasteiger partial charge >= 0.3 is 5.97 Å². The smallest absolute Gasteiger partial charge is 0.303 e. The van der Waals surface area contributed by atoms with Crippen molar-refractivity contribution in [3.05, 3.63) is 30.0 Å². The van der Waals surface area contributed by atoms with E-state index in [-0.39, 0.29) is 6.42 Å². The summed E-state index contributed by atoms with van der Waals surface area (Å²) in [6, 6.07) is 6.32. The van der Waals surface area contributed by atoms with Gasteiger partial charge in [0.1, 0.15) is 0 Å². The molecule has 0 unspecified atom stereocenters. The molecule has 1 aromatic heterocycles. The van der Waals surface area contributed by atoms with Gasteiger partial charge in [0.05, 0.1) is 0 Å². The van der Waals surface area contributed by atoms with Crippen LogP contribution in [0, 0.1) is 0 Å². The summed E-state index contributed by atoms with van der Waals surface area (Å²) in [4.78, 5) is 16.2. The molecule has 0 amide bonds. The van der Waals surface area contributed by atoms with Gasteiger partial charge < -0.3 is 15.0 Å². The second kappa shape index (κ2) is 5.78. The number of benzene rings is 1. The number of nitrogens with zero attached hydrogens (tertiary/aromatic N) is 1. The van der Waals surface area contributed by atoms with Crippen molar-refractivity contribution in [1.82, 2.24) is 4.98 Å². The standard InChI is InChI=1S/C15H20N2O2/c1-3-17(4-2)12-6-7-14-13(9-12)11(10-16-14)5-8-15(18)19/h6-7,9-10,16H,3-5,8H2,1-2H3,(H,18,19). The number of hydrogen-bond acceptors (Lipinski definition) is 2. The number of rotatable bonds is 6. The normalized spacial score (nSPS) is 10.8. The lowest BCUT2D eigenvalue weighted by Gasteiger charge is -2.21. The Morgan fingerprint density at radius 3 is 2.68 bits per heavy atom. The average molecular weight is 260 g/mol. The first-order valence-corrected chi connectivity index (χ1v) is 6.72. The van der Waals surface area contributed by atoms with Crippen molar-refractivity contribution in [2.45, 2.75) is 26.7 Å². The number of H-pyrrole nitrogens is 1. The molecule has 19 heavy (non-hydrogen) atoms. The van der Waals surface area contributed by atoms with Crippen molar-refractivity contribution in [3.8, 4) is 0 Å². The van der Waals surface area contributed by atoms with Gasteiger partial charge in [-0.25, -0.2) is 0 Å². The zero-order valence-electron chi connectivity index (χ0n) is 11.4. The fourth-order valence-electron chi connectivity index (χ4n) is 2.40. The average Bonchev–Trinajstić information content (AvgIpc) is 2.80. The Morgan fingerprint density at radius 2 is 2.05 bits per heavy atom. The highest BCUT2D eigenvalue weighted by atomic mass is 16.4. The lowest BCUT2D eigenvalue weighted by atomic mass is 10.1. The van der Waals surface area contributed by atoms with Crippen LogP contribution >= 0.6 is 0 Å². The number of nitrogens with one attached hydrogen (secondary N) is 1. The van der Waals surface area contributed by atoms with Gasteiger partial charge in [0.25, 0.3) is 0 Å². The Balaban J connectivity index is 2.33. The first-order valence-electron chi connectivity index (χ1n) is 6.72. The number of carbonyl (C=O) groups is 1. The molecule has 0 aliphatic carbocycles. The molecule has 0 aliphatic rings. The molecule has 2 N–H and O–H groups in total. The molecule has 0 radical (unpaired) electrons. The van der Waals surface area contributed by atoms with E-state index in [1.165, 1.54) is 5.69 Å². The highest BCUT2D eigenvalue weighted by Crippen LogP contribution is 2.25. The van der Waals surface area contributed by atoms with Crippen LogP contribution in [0.5, 0.6) is 0 Å². The minimum atomic E-state index is -0.755. The molecule has 0 aliphatic heterocycles. The van der Waals surface area contributed by atoms with Crippen molar-refractivity contribution in [2.24, 2.45) is 0 Å². The van der Waals surface area contributed by atoms with Gasteiger partial charge in [-0.15, -0.1) is 0 Å². The van der Waals surface area contributed by atoms with Crippen LogP contribution in [0.4, 0.5) is 5.69 Å². The molecule has 2 aromatic rings. The number of carboxylic acids is 1. The van der Waals surface area contributed by atoms with Crippen LogP contribution in [0.1, 0.15) is 25.8 Å². The second-order valence-corrected chi connectivity index (χ2v) is 4.61. The van der Waals surface area contributed by atoms with Gasteiger partial charge in [-0.05, 0) is 44.0 Å². The van der Waals surface area contributed by atoms with Crippen molar-refractivity contribution in [3.63, 3.8) is 0 Å². The summed E-state index contributed by atoms with van der Waals surface area (Å²) >= 11 is 0. The predicted molar refractivity (Wildman–Crippen MR) is 77.8 cm³/mol. The molecule has 0 fully saturated rings. The molecule has 4 nitrogen and oxygen atoms in total. The van der Waals surface area contributed by atoms with E-state index in [9.17, 15) is 4.79 Å². The molecule has 2 rings (SSSR count). The van der Waals surface area contributed by atoms with E-state index in [1.54, 1.807) is 0 Å². The van der Waals surface area contributed by atoms with Crippen LogP contribution in [0.15, 0.2) is 24.4 Å². The molecule has 0 saturated heterocycles. The van der Waals surface area contributed by atoms with Crippen LogP contribution < -0.4 is 4.90 Å². The summed E-state index contributed by atoms with van der Waals surface area (Å²) in [5, 5.41) is 9.92. The van der Waals surface area contributed by atoms with E-state index in [0.29, 0.717) is 6.42 Å². The summed E-state index contributed by atoms with van der Waals surface area (Å²) in [7, 11) is 0. The van der Waals surface area contributed by atoms with Crippen molar-refractivity contribution >= 4 is 22.6 Å². The molecular weight excluding hydrogens is 240 g/mol. The van der Waals surface area contributed by atoms with Crippen LogP contribution in [0.25, 0.3) is 10.9 Å². The number of fused-ring (bicyclic) bond motifs is 1. The Hall–Kier alpha value is -1.97. The minimum Gasteiger partial charge on any atom is -0.481 e. The van der Waals surface area contributed by atoms with Crippen molar-refractivity contribution < 1.29 is 9.90 Å². The van der Waals surface area contributed by atoms with E-state index in [2.05, 4.69) is 41.9 Å². The fraction of sp³-hybridized carbons (Fsp3) is 0.400. The molecule has 102 valence electrons. The van der Waals surface area contributed by atoms with Gasteiger partial charge in [-0.1, -0.05) is 0 Å². The zero-order valence-corrected chi connectivity index (χ0v) is 11.4. The Labute approximate surface area is 113 Å². The number of aliphatic carboxylic acids is 1. The zero-order chi connectivity index (χ0) is 13.8. The van der Waals surface area contributed by atoms with Crippen LogP contribution in [0.3, 0.4) is 0 Å². The highest BCUT2D eigenvalue weighted by Gasteiger charge is 2.08. The summed E-state index contributed by atoms with van der Waals surface area (Å²) in [5.41, 5.74) is 3.33. The number of hydrogen-bond donors (Lipinski definition) is 2. The molecule has 0 atom stereocenters. The number of aromatic nitrogens is 1. The Kier molecular flexibility index (Phi) is 4.10. The summed E-state index contributed by atoms with van der Waals surface area (Å²) in [6.45, 7) is 6.21. The van der Waals surface area contributed by atoms with Gasteiger partial charge in [0.15, 0.2) is 0 Å². The minimum absolute atomic E-state index is 0.169. The van der Waals surface area contributed by atoms with Crippen LogP contribution in [-0.4, -0.2) is 29.1 Å². The number of aryl methyl sites for hydroxylation is 1. The lowest BCUT2D eigenvalue weighted by Crippen LogP contribution is -2.21.